The minimum absolute atomic E-state index is 0.0360. The molecule has 0 aromatic carbocycles. The molecule has 168 valence electrons. The molecule has 2 aromatic heterocycles. The van der Waals surface area contributed by atoms with Crippen molar-refractivity contribution in [1.82, 2.24) is 5.32 Å². The van der Waals surface area contributed by atoms with Gasteiger partial charge in [0.2, 0.25) is 5.91 Å². The fourth-order valence-corrected chi connectivity index (χ4v) is 5.40. The Balaban J connectivity index is 1.35. The molecule has 9 heteroatoms. The molecule has 1 saturated carbocycles. The van der Waals surface area contributed by atoms with Crippen LogP contribution in [0.5, 0.6) is 0 Å². The van der Waals surface area contributed by atoms with Crippen molar-refractivity contribution in [2.24, 2.45) is 0 Å². The normalized spacial score (nSPS) is 22.7. The molecule has 0 radical (unpaired) electrons. The fourth-order valence-electron chi connectivity index (χ4n) is 4.13. The highest BCUT2D eigenvalue weighted by Gasteiger charge is 2.29. The lowest BCUT2D eigenvalue weighted by Crippen LogP contribution is -2.41. The number of aliphatic hydroxyl groups is 1. The summed E-state index contributed by atoms with van der Waals surface area (Å²) in [5, 5.41) is 25.4. The van der Waals surface area contributed by atoms with Gasteiger partial charge in [0.05, 0.1) is 24.2 Å². The van der Waals surface area contributed by atoms with Gasteiger partial charge in [-0.25, -0.2) is 4.79 Å². The molecule has 0 aliphatic heterocycles. The number of carbonyl (C=O) groups is 2. The van der Waals surface area contributed by atoms with E-state index in [2.05, 4.69) is 16.7 Å². The van der Waals surface area contributed by atoms with Crippen LogP contribution in [0.25, 0.3) is 6.08 Å². The van der Waals surface area contributed by atoms with Gasteiger partial charge in [0.15, 0.2) is 0 Å². The summed E-state index contributed by atoms with van der Waals surface area (Å²) in [4.78, 5) is 25.5. The zero-order valence-electron chi connectivity index (χ0n) is 17.5. The SMILES string of the molecule is N#Cc1c(NC(=O)/C=C/c2ccoc2)sc2c1CCC(OC(=O)NC1CCC(O)CC1)C2. The van der Waals surface area contributed by atoms with Crippen molar-refractivity contribution in [1.29, 1.82) is 5.26 Å². The van der Waals surface area contributed by atoms with Gasteiger partial charge in [-0.3, -0.25) is 4.79 Å². The van der Waals surface area contributed by atoms with E-state index in [-0.39, 0.29) is 24.2 Å². The van der Waals surface area contributed by atoms with Crippen LogP contribution in [0.4, 0.5) is 9.80 Å². The highest BCUT2D eigenvalue weighted by molar-refractivity contribution is 7.16. The number of anilines is 1. The van der Waals surface area contributed by atoms with Crippen LogP contribution in [0, 0.1) is 11.3 Å². The molecule has 3 N–H and O–H groups in total. The van der Waals surface area contributed by atoms with Crippen LogP contribution in [-0.2, 0) is 22.4 Å². The molecular weight excluding hydrogens is 430 g/mol. The Morgan fingerprint density at radius 2 is 2.09 bits per heavy atom. The number of ether oxygens (including phenoxy) is 1. The third-order valence-corrected chi connectivity index (χ3v) is 7.00. The van der Waals surface area contributed by atoms with Gasteiger partial charge in [0.25, 0.3) is 0 Å². The first-order valence-electron chi connectivity index (χ1n) is 10.7. The average molecular weight is 456 g/mol. The van der Waals surface area contributed by atoms with Crippen LogP contribution in [-0.4, -0.2) is 35.4 Å². The Bertz CT molecular complexity index is 1030. The van der Waals surface area contributed by atoms with Gasteiger partial charge in [0.1, 0.15) is 17.2 Å². The van der Waals surface area contributed by atoms with E-state index in [0.29, 0.717) is 42.7 Å². The maximum atomic E-state index is 12.3. The van der Waals surface area contributed by atoms with Gasteiger partial charge in [-0.2, -0.15) is 5.26 Å². The Morgan fingerprint density at radius 1 is 1.28 bits per heavy atom. The van der Waals surface area contributed by atoms with E-state index >= 15 is 0 Å². The molecule has 1 fully saturated rings. The minimum Gasteiger partial charge on any atom is -0.472 e. The van der Waals surface area contributed by atoms with Crippen molar-refractivity contribution in [3.05, 3.63) is 46.2 Å². The molecule has 2 aromatic rings. The van der Waals surface area contributed by atoms with Crippen molar-refractivity contribution in [2.45, 2.75) is 63.2 Å². The number of thiophene rings is 1. The zero-order chi connectivity index (χ0) is 22.5. The molecule has 2 aliphatic rings. The second-order valence-corrected chi connectivity index (χ2v) is 9.22. The summed E-state index contributed by atoms with van der Waals surface area (Å²) >= 11 is 1.36. The Hall–Kier alpha value is -3.09. The largest absolute Gasteiger partial charge is 0.472 e. The number of fused-ring (bicyclic) bond motifs is 1. The molecule has 0 saturated heterocycles. The lowest BCUT2D eigenvalue weighted by atomic mass is 9.93. The van der Waals surface area contributed by atoms with E-state index in [0.717, 1.165) is 28.8 Å². The number of nitrogens with one attached hydrogen (secondary N) is 2. The van der Waals surface area contributed by atoms with Gasteiger partial charge < -0.3 is 24.9 Å². The van der Waals surface area contributed by atoms with Gasteiger partial charge in [-0.1, -0.05) is 0 Å². The molecular formula is C23H25N3O5S. The average Bonchev–Trinajstić information content (AvgIpc) is 3.40. The monoisotopic (exact) mass is 455 g/mol. The smallest absolute Gasteiger partial charge is 0.407 e. The Morgan fingerprint density at radius 3 is 2.81 bits per heavy atom. The van der Waals surface area contributed by atoms with E-state index in [1.54, 1.807) is 12.1 Å². The number of rotatable bonds is 5. The lowest BCUT2D eigenvalue weighted by Gasteiger charge is -2.28. The topological polar surface area (TPSA) is 125 Å². The second-order valence-electron chi connectivity index (χ2n) is 8.12. The number of nitriles is 1. The summed E-state index contributed by atoms with van der Waals surface area (Å²) in [6.45, 7) is 0. The zero-order valence-corrected chi connectivity index (χ0v) is 18.3. The lowest BCUT2D eigenvalue weighted by molar-refractivity contribution is -0.111. The van der Waals surface area contributed by atoms with Gasteiger partial charge in [-0.05, 0) is 56.2 Å². The summed E-state index contributed by atoms with van der Waals surface area (Å²) in [5.74, 6) is -0.328. The van der Waals surface area contributed by atoms with Gasteiger partial charge in [-0.15, -0.1) is 11.3 Å². The van der Waals surface area contributed by atoms with Crippen LogP contribution in [0.3, 0.4) is 0 Å². The fraction of sp³-hybridized carbons (Fsp3) is 0.435. The maximum absolute atomic E-state index is 12.3. The third kappa shape index (κ3) is 5.39. The molecule has 1 unspecified atom stereocenters. The van der Waals surface area contributed by atoms with E-state index in [1.807, 2.05) is 0 Å². The number of amides is 2. The van der Waals surface area contributed by atoms with Crippen molar-refractivity contribution in [3.8, 4) is 6.07 Å². The third-order valence-electron chi connectivity index (χ3n) is 5.83. The number of hydrogen-bond acceptors (Lipinski definition) is 7. The van der Waals surface area contributed by atoms with Gasteiger partial charge in [0, 0.05) is 29.0 Å². The molecule has 2 amide bonds. The molecule has 8 nitrogen and oxygen atoms in total. The predicted molar refractivity (Wildman–Crippen MR) is 119 cm³/mol. The maximum Gasteiger partial charge on any atom is 0.407 e. The number of carbonyl (C=O) groups excluding carboxylic acids is 2. The molecule has 2 heterocycles. The van der Waals surface area contributed by atoms with Crippen LogP contribution in [0.1, 0.15) is 53.7 Å². The second kappa shape index (κ2) is 10.0. The summed E-state index contributed by atoms with van der Waals surface area (Å²) in [6, 6.07) is 3.98. The highest BCUT2D eigenvalue weighted by Crippen LogP contribution is 2.38. The molecule has 0 spiro atoms. The van der Waals surface area contributed by atoms with Crippen molar-refractivity contribution in [3.63, 3.8) is 0 Å². The Kier molecular flexibility index (Phi) is 6.93. The van der Waals surface area contributed by atoms with Crippen molar-refractivity contribution >= 4 is 34.4 Å². The first kappa shape index (κ1) is 22.1. The highest BCUT2D eigenvalue weighted by atomic mass is 32.1. The number of alkyl carbamates (subject to hydrolysis) is 1. The molecule has 2 aliphatic carbocycles. The summed E-state index contributed by atoms with van der Waals surface area (Å²) in [5.41, 5.74) is 2.18. The van der Waals surface area contributed by atoms with Crippen LogP contribution < -0.4 is 10.6 Å². The van der Waals surface area contributed by atoms with Gasteiger partial charge >= 0.3 is 6.09 Å². The number of furan rings is 1. The standard InChI is InChI=1S/C23H25N3O5S/c24-12-19-18-7-6-17(31-23(29)25-15-2-4-16(27)5-3-15)11-20(18)32-22(19)26-21(28)8-1-14-9-10-30-13-14/h1,8-10,13,15-17,27H,2-7,11H2,(H,25,29)(H,26,28)/b8-1+. The Labute approximate surface area is 189 Å². The van der Waals surface area contributed by atoms with Crippen molar-refractivity contribution < 1.29 is 23.8 Å². The molecule has 1 atom stereocenters. The molecule has 4 rings (SSSR count). The summed E-state index contributed by atoms with van der Waals surface area (Å²) in [6.07, 6.45) is 9.74. The number of nitrogens with zero attached hydrogens (tertiary/aromatic N) is 1. The first-order chi connectivity index (χ1) is 15.5. The number of aliphatic hydroxyl groups excluding tert-OH is 1. The van der Waals surface area contributed by atoms with E-state index in [1.165, 1.54) is 29.9 Å². The van der Waals surface area contributed by atoms with Crippen LogP contribution in [0.15, 0.2) is 29.1 Å². The quantitative estimate of drug-likeness (QED) is 0.590. The predicted octanol–water partition coefficient (Wildman–Crippen LogP) is 3.75. The summed E-state index contributed by atoms with van der Waals surface area (Å²) < 4.78 is 10.6. The van der Waals surface area contributed by atoms with Crippen LogP contribution in [0.2, 0.25) is 0 Å². The minimum atomic E-state index is -0.435. The first-order valence-corrected chi connectivity index (χ1v) is 11.5. The van der Waals surface area contributed by atoms with E-state index < -0.39 is 6.09 Å². The number of hydrogen-bond donors (Lipinski definition) is 3. The van der Waals surface area contributed by atoms with E-state index in [9.17, 15) is 20.0 Å². The summed E-state index contributed by atoms with van der Waals surface area (Å²) in [7, 11) is 0. The van der Waals surface area contributed by atoms with E-state index in [4.69, 9.17) is 9.15 Å². The molecule has 32 heavy (non-hydrogen) atoms. The van der Waals surface area contributed by atoms with Crippen LogP contribution >= 0.6 is 11.3 Å². The van der Waals surface area contributed by atoms with Crippen molar-refractivity contribution in [2.75, 3.05) is 5.32 Å². The molecule has 0 bridgehead atoms.